The van der Waals surface area contributed by atoms with E-state index in [-0.39, 0.29) is 0 Å². The molecule has 0 spiro atoms. The smallest absolute Gasteiger partial charge is 0.130 e. The van der Waals surface area contributed by atoms with Crippen LogP contribution in [0, 0.1) is 13.8 Å². The van der Waals surface area contributed by atoms with Crippen molar-refractivity contribution in [3.63, 3.8) is 0 Å². The van der Waals surface area contributed by atoms with Crippen molar-refractivity contribution in [2.45, 2.75) is 27.4 Å². The summed E-state index contributed by atoms with van der Waals surface area (Å²) in [6.07, 6.45) is 0. The molecule has 0 aromatic heterocycles. The first-order chi connectivity index (χ1) is 15.6. The summed E-state index contributed by atoms with van der Waals surface area (Å²) in [7, 11) is 0.485. The zero-order valence-corrected chi connectivity index (χ0v) is 19.8. The van der Waals surface area contributed by atoms with Gasteiger partial charge in [-0.3, -0.25) is 4.99 Å². The van der Waals surface area contributed by atoms with Crippen LogP contribution in [0.1, 0.15) is 29.2 Å². The predicted molar refractivity (Wildman–Crippen MR) is 139 cm³/mol. The van der Waals surface area contributed by atoms with Gasteiger partial charge >= 0.3 is 0 Å². The molecule has 0 saturated heterocycles. The number of nitrogens with zero attached hydrogens (tertiary/aromatic N) is 1. The molecule has 4 aromatic rings. The van der Waals surface area contributed by atoms with Gasteiger partial charge in [-0.25, -0.2) is 0 Å². The van der Waals surface area contributed by atoms with Crippen LogP contribution in [0.5, 0.6) is 5.75 Å². The zero-order valence-electron chi connectivity index (χ0n) is 18.8. The topological polar surface area (TPSA) is 21.6 Å². The fraction of sp³-hybridized carbons (Fsp3) is 0.138. The van der Waals surface area contributed by atoms with E-state index in [4.69, 9.17) is 9.73 Å². The Morgan fingerprint density at radius 2 is 1.41 bits per heavy atom. The predicted octanol–water partition coefficient (Wildman–Crippen LogP) is 6.65. The Morgan fingerprint density at radius 1 is 0.750 bits per heavy atom. The monoisotopic (exact) mass is 437 g/mol. The Kier molecular flexibility index (Phi) is 7.14. The lowest BCUT2D eigenvalue weighted by Crippen LogP contribution is -2.17. The van der Waals surface area contributed by atoms with Gasteiger partial charge in [0.05, 0.1) is 5.69 Å². The van der Waals surface area contributed by atoms with E-state index in [0.29, 0.717) is 15.2 Å². The average Bonchev–Trinajstić information content (AvgIpc) is 2.81. The van der Waals surface area contributed by atoms with E-state index in [1.165, 1.54) is 27.3 Å². The largest absolute Gasteiger partial charge is 0.488 e. The standard InChI is InChI=1S/C29H28NOP/c1-21-12-11-19-27(28(21)31-20-24-14-6-4-7-15-24)32-29-22(2)13-10-18-26(29)23(3)30-25-16-8-5-9-17-25/h4-19,32H,20H2,1-3H3/b30-23+. The number of aryl methyl sites for hydroxylation is 2. The average molecular weight is 438 g/mol. The van der Waals surface area contributed by atoms with Gasteiger partial charge in [0.1, 0.15) is 12.4 Å². The minimum atomic E-state index is 0.485. The second-order valence-corrected chi connectivity index (χ2v) is 9.17. The Hall–Kier alpha value is -3.22. The first kappa shape index (κ1) is 22.0. The van der Waals surface area contributed by atoms with Crippen molar-refractivity contribution in [3.05, 3.63) is 119 Å². The summed E-state index contributed by atoms with van der Waals surface area (Å²) in [6, 6.07) is 33.4. The van der Waals surface area contributed by atoms with Crippen molar-refractivity contribution in [2.24, 2.45) is 4.99 Å². The maximum absolute atomic E-state index is 6.34. The van der Waals surface area contributed by atoms with E-state index in [9.17, 15) is 0 Å². The first-order valence-electron chi connectivity index (χ1n) is 10.9. The molecular weight excluding hydrogens is 409 g/mol. The molecular formula is C29H28NOP. The molecule has 3 heteroatoms. The van der Waals surface area contributed by atoms with Gasteiger partial charge in [0, 0.05) is 16.6 Å². The number of aliphatic imine (C=N–C) groups is 1. The van der Waals surface area contributed by atoms with Gasteiger partial charge in [0.15, 0.2) is 0 Å². The number of benzene rings is 4. The van der Waals surface area contributed by atoms with Crippen LogP contribution in [0.2, 0.25) is 0 Å². The van der Waals surface area contributed by atoms with Gasteiger partial charge in [0.2, 0.25) is 0 Å². The molecule has 0 fully saturated rings. The Bertz CT molecular complexity index is 1220. The SMILES string of the molecule is C/C(=N\c1ccccc1)c1cccc(C)c1Pc1cccc(C)c1OCc1ccccc1. The van der Waals surface area contributed by atoms with E-state index >= 15 is 0 Å². The van der Waals surface area contributed by atoms with Crippen LogP contribution in [-0.2, 0) is 6.61 Å². The summed E-state index contributed by atoms with van der Waals surface area (Å²) in [6.45, 7) is 6.97. The van der Waals surface area contributed by atoms with Gasteiger partial charge in [0.25, 0.3) is 0 Å². The van der Waals surface area contributed by atoms with Crippen molar-refractivity contribution < 1.29 is 4.74 Å². The number of rotatable bonds is 7. The van der Waals surface area contributed by atoms with Crippen molar-refractivity contribution in [3.8, 4) is 5.75 Å². The Labute approximate surface area is 192 Å². The number of hydrogen-bond acceptors (Lipinski definition) is 2. The van der Waals surface area contributed by atoms with Crippen LogP contribution >= 0.6 is 8.58 Å². The highest BCUT2D eigenvalue weighted by atomic mass is 31.1. The minimum absolute atomic E-state index is 0.485. The molecule has 4 rings (SSSR count). The molecule has 0 heterocycles. The van der Waals surface area contributed by atoms with Crippen molar-refractivity contribution in [1.29, 1.82) is 0 Å². The summed E-state index contributed by atoms with van der Waals surface area (Å²) in [5.41, 5.74) is 6.81. The summed E-state index contributed by atoms with van der Waals surface area (Å²) < 4.78 is 6.34. The number of ether oxygens (including phenoxy) is 1. The molecule has 0 radical (unpaired) electrons. The number of hydrogen-bond donors (Lipinski definition) is 0. The molecule has 4 aromatic carbocycles. The molecule has 2 nitrogen and oxygen atoms in total. The lowest BCUT2D eigenvalue weighted by Gasteiger charge is -2.17. The highest BCUT2D eigenvalue weighted by molar-refractivity contribution is 7.56. The second kappa shape index (κ2) is 10.4. The normalized spacial score (nSPS) is 11.8. The summed E-state index contributed by atoms with van der Waals surface area (Å²) in [5.74, 6) is 0.988. The molecule has 32 heavy (non-hydrogen) atoms. The lowest BCUT2D eigenvalue weighted by atomic mass is 10.1. The lowest BCUT2D eigenvalue weighted by molar-refractivity contribution is 0.307. The van der Waals surface area contributed by atoms with Gasteiger partial charge in [-0.2, -0.15) is 0 Å². The fourth-order valence-electron chi connectivity index (χ4n) is 3.70. The van der Waals surface area contributed by atoms with E-state index in [0.717, 1.165) is 22.7 Å². The summed E-state index contributed by atoms with van der Waals surface area (Å²) in [4.78, 5) is 4.88. The third kappa shape index (κ3) is 5.33. The molecule has 0 aliphatic heterocycles. The minimum Gasteiger partial charge on any atom is -0.488 e. The van der Waals surface area contributed by atoms with E-state index in [2.05, 4.69) is 69.3 Å². The third-order valence-electron chi connectivity index (χ3n) is 5.41. The van der Waals surface area contributed by atoms with Crippen molar-refractivity contribution in [2.75, 3.05) is 0 Å². The third-order valence-corrected chi connectivity index (χ3v) is 6.99. The van der Waals surface area contributed by atoms with Gasteiger partial charge in [-0.05, 0) is 54.9 Å². The van der Waals surface area contributed by atoms with Crippen LogP contribution in [0.3, 0.4) is 0 Å². The molecule has 0 aliphatic rings. The van der Waals surface area contributed by atoms with Crippen molar-refractivity contribution in [1.82, 2.24) is 0 Å². The maximum Gasteiger partial charge on any atom is 0.130 e. The van der Waals surface area contributed by atoms with Crippen LogP contribution in [0.15, 0.2) is 102 Å². The molecule has 1 unspecified atom stereocenters. The fourth-order valence-corrected chi connectivity index (χ4v) is 5.21. The quantitative estimate of drug-likeness (QED) is 0.234. The molecule has 160 valence electrons. The second-order valence-electron chi connectivity index (χ2n) is 7.88. The van der Waals surface area contributed by atoms with Gasteiger partial charge < -0.3 is 4.74 Å². The molecule has 0 aliphatic carbocycles. The van der Waals surface area contributed by atoms with Gasteiger partial charge in [-0.1, -0.05) is 93.5 Å². The van der Waals surface area contributed by atoms with E-state index in [1.807, 2.05) is 48.5 Å². The van der Waals surface area contributed by atoms with Crippen molar-refractivity contribution >= 4 is 30.6 Å². The molecule has 0 bridgehead atoms. The first-order valence-corrected chi connectivity index (χ1v) is 11.9. The highest BCUT2D eigenvalue weighted by Gasteiger charge is 2.14. The Balaban J connectivity index is 1.66. The van der Waals surface area contributed by atoms with Crippen LogP contribution < -0.4 is 15.3 Å². The van der Waals surface area contributed by atoms with E-state index < -0.39 is 0 Å². The number of para-hydroxylation sites is 2. The molecule has 0 amide bonds. The molecule has 0 saturated carbocycles. The zero-order chi connectivity index (χ0) is 22.3. The maximum atomic E-state index is 6.34. The van der Waals surface area contributed by atoms with Gasteiger partial charge in [-0.15, -0.1) is 0 Å². The highest BCUT2D eigenvalue weighted by Crippen LogP contribution is 2.27. The summed E-state index contributed by atoms with van der Waals surface area (Å²) in [5, 5.41) is 2.55. The summed E-state index contributed by atoms with van der Waals surface area (Å²) >= 11 is 0. The van der Waals surface area contributed by atoms with Crippen LogP contribution in [0.4, 0.5) is 5.69 Å². The van der Waals surface area contributed by atoms with Crippen LogP contribution in [-0.4, -0.2) is 5.71 Å². The van der Waals surface area contributed by atoms with E-state index in [1.54, 1.807) is 0 Å². The van der Waals surface area contributed by atoms with Crippen LogP contribution in [0.25, 0.3) is 0 Å². The molecule has 1 atom stereocenters. The Morgan fingerprint density at radius 3 is 2.16 bits per heavy atom. The molecule has 0 N–H and O–H groups in total.